The van der Waals surface area contributed by atoms with Crippen LogP contribution in [-0.4, -0.2) is 59.5 Å². The first-order valence-corrected chi connectivity index (χ1v) is 4.14. The van der Waals surface area contributed by atoms with Crippen molar-refractivity contribution < 1.29 is 14.7 Å². The first-order chi connectivity index (χ1) is 6.09. The Morgan fingerprint density at radius 3 is 2.15 bits per heavy atom. The summed E-state index contributed by atoms with van der Waals surface area (Å²) >= 11 is 0. The molecule has 0 aromatic carbocycles. The first kappa shape index (κ1) is 9.98. The van der Waals surface area contributed by atoms with E-state index in [1.165, 1.54) is 0 Å². The maximum absolute atomic E-state index is 10.8. The molecule has 0 saturated carbocycles. The maximum atomic E-state index is 10.8. The first-order valence-electron chi connectivity index (χ1n) is 4.14. The van der Waals surface area contributed by atoms with Crippen LogP contribution in [-0.2, 0) is 9.59 Å². The lowest BCUT2D eigenvalue weighted by molar-refractivity contribution is -0.139. The van der Waals surface area contributed by atoms with Gasteiger partial charge in [0.05, 0.1) is 6.54 Å². The molecule has 5 heteroatoms. The highest BCUT2D eigenvalue weighted by Crippen LogP contribution is 2.00. The summed E-state index contributed by atoms with van der Waals surface area (Å²) < 4.78 is 0. The van der Waals surface area contributed by atoms with Crippen LogP contribution >= 0.6 is 0 Å². The SMILES string of the molecule is [CH2]C(=O)N1CCN(CC(=O)O)CC1. The Kier molecular flexibility index (Phi) is 3.25. The van der Waals surface area contributed by atoms with Gasteiger partial charge in [-0.15, -0.1) is 0 Å². The molecule has 1 amide bonds. The number of carboxylic acid groups (broad SMARTS) is 1. The summed E-state index contributed by atoms with van der Waals surface area (Å²) in [7, 11) is 0. The van der Waals surface area contributed by atoms with E-state index in [0.29, 0.717) is 26.2 Å². The van der Waals surface area contributed by atoms with Crippen molar-refractivity contribution in [2.24, 2.45) is 0 Å². The fraction of sp³-hybridized carbons (Fsp3) is 0.625. The van der Waals surface area contributed by atoms with Gasteiger partial charge in [0.2, 0.25) is 5.91 Å². The number of amides is 1. The Hall–Kier alpha value is -1.10. The summed E-state index contributed by atoms with van der Waals surface area (Å²) in [5, 5.41) is 8.51. The van der Waals surface area contributed by atoms with Crippen LogP contribution in [0.2, 0.25) is 0 Å². The number of carboxylic acids is 1. The molecule has 13 heavy (non-hydrogen) atoms. The van der Waals surface area contributed by atoms with E-state index in [0.717, 1.165) is 0 Å². The molecule has 0 aliphatic carbocycles. The number of carbonyl (C=O) groups excluding carboxylic acids is 1. The Bertz CT molecular complexity index is 209. The molecule has 1 radical (unpaired) electrons. The molecule has 0 bridgehead atoms. The van der Waals surface area contributed by atoms with E-state index in [1.54, 1.807) is 4.90 Å². The zero-order valence-electron chi connectivity index (χ0n) is 7.40. The molecule has 1 saturated heterocycles. The van der Waals surface area contributed by atoms with Gasteiger partial charge in [0.1, 0.15) is 0 Å². The van der Waals surface area contributed by atoms with E-state index in [2.05, 4.69) is 6.92 Å². The lowest BCUT2D eigenvalue weighted by Gasteiger charge is -2.33. The molecule has 0 aromatic rings. The van der Waals surface area contributed by atoms with Gasteiger partial charge >= 0.3 is 5.97 Å². The fourth-order valence-corrected chi connectivity index (χ4v) is 1.35. The monoisotopic (exact) mass is 185 g/mol. The number of hydrogen-bond donors (Lipinski definition) is 1. The second-order valence-corrected chi connectivity index (χ2v) is 3.05. The molecule has 1 aliphatic heterocycles. The summed E-state index contributed by atoms with van der Waals surface area (Å²) in [4.78, 5) is 24.6. The third-order valence-electron chi connectivity index (χ3n) is 2.08. The number of piperazine rings is 1. The molecule has 0 unspecified atom stereocenters. The highest BCUT2D eigenvalue weighted by Gasteiger charge is 2.19. The van der Waals surface area contributed by atoms with Gasteiger partial charge in [-0.05, 0) is 0 Å². The summed E-state index contributed by atoms with van der Waals surface area (Å²) in [6.07, 6.45) is 0. The topological polar surface area (TPSA) is 60.9 Å². The lowest BCUT2D eigenvalue weighted by Crippen LogP contribution is -2.49. The largest absolute Gasteiger partial charge is 0.480 e. The van der Waals surface area contributed by atoms with E-state index < -0.39 is 5.97 Å². The van der Waals surface area contributed by atoms with Gasteiger partial charge in [-0.3, -0.25) is 14.5 Å². The van der Waals surface area contributed by atoms with Crippen molar-refractivity contribution in [2.45, 2.75) is 0 Å². The number of carbonyl (C=O) groups is 2. The van der Waals surface area contributed by atoms with Crippen molar-refractivity contribution in [3.05, 3.63) is 6.92 Å². The number of rotatable bonds is 2. The van der Waals surface area contributed by atoms with Crippen LogP contribution in [0.5, 0.6) is 0 Å². The molecule has 1 aliphatic rings. The maximum Gasteiger partial charge on any atom is 0.317 e. The van der Waals surface area contributed by atoms with E-state index in [1.807, 2.05) is 4.90 Å². The fourth-order valence-electron chi connectivity index (χ4n) is 1.35. The number of hydrogen-bond acceptors (Lipinski definition) is 3. The quantitative estimate of drug-likeness (QED) is 0.602. The van der Waals surface area contributed by atoms with Crippen LogP contribution < -0.4 is 0 Å². The Morgan fingerprint density at radius 2 is 1.77 bits per heavy atom. The third-order valence-corrected chi connectivity index (χ3v) is 2.08. The second kappa shape index (κ2) is 4.23. The number of aliphatic carboxylic acids is 1. The molecule has 1 heterocycles. The number of nitrogens with zero attached hydrogens (tertiary/aromatic N) is 2. The summed E-state index contributed by atoms with van der Waals surface area (Å²) in [5.74, 6) is -1.01. The normalized spacial score (nSPS) is 18.7. The van der Waals surface area contributed by atoms with Crippen molar-refractivity contribution in [3.63, 3.8) is 0 Å². The molecular weight excluding hydrogens is 172 g/mol. The van der Waals surface area contributed by atoms with Crippen LogP contribution in [0.4, 0.5) is 0 Å². The molecule has 0 spiro atoms. The molecular formula is C8H13N2O3. The standard InChI is InChI=1S/C8H13N2O3/c1-7(11)10-4-2-9(3-5-10)6-8(12)13/h1-6H2,(H,12,13). The average Bonchev–Trinajstić information content (AvgIpc) is 2.04. The van der Waals surface area contributed by atoms with Gasteiger partial charge in [-0.2, -0.15) is 0 Å². The van der Waals surface area contributed by atoms with Crippen LogP contribution in [0.3, 0.4) is 0 Å². The Morgan fingerprint density at radius 1 is 1.23 bits per heavy atom. The highest BCUT2D eigenvalue weighted by molar-refractivity contribution is 5.80. The summed E-state index contributed by atoms with van der Waals surface area (Å²) in [6.45, 7) is 5.75. The molecule has 0 aromatic heterocycles. The summed E-state index contributed by atoms with van der Waals surface area (Å²) in [5.41, 5.74) is 0. The highest BCUT2D eigenvalue weighted by atomic mass is 16.4. The predicted octanol–water partition coefficient (Wildman–Crippen LogP) is -0.951. The van der Waals surface area contributed by atoms with Gasteiger partial charge < -0.3 is 10.0 Å². The third kappa shape index (κ3) is 3.02. The smallest absolute Gasteiger partial charge is 0.317 e. The van der Waals surface area contributed by atoms with Crippen molar-refractivity contribution in [2.75, 3.05) is 32.7 Å². The van der Waals surface area contributed by atoms with Crippen molar-refractivity contribution >= 4 is 11.9 Å². The van der Waals surface area contributed by atoms with Crippen LogP contribution in [0.25, 0.3) is 0 Å². The van der Waals surface area contributed by atoms with Crippen LogP contribution in [0, 0.1) is 6.92 Å². The molecule has 1 fully saturated rings. The minimum atomic E-state index is -0.825. The predicted molar refractivity (Wildman–Crippen MR) is 46.0 cm³/mol. The molecule has 1 rings (SSSR count). The van der Waals surface area contributed by atoms with Crippen molar-refractivity contribution in [1.82, 2.24) is 9.80 Å². The second-order valence-electron chi connectivity index (χ2n) is 3.05. The van der Waals surface area contributed by atoms with Crippen molar-refractivity contribution in [1.29, 1.82) is 0 Å². The Labute approximate surface area is 76.9 Å². The zero-order valence-corrected chi connectivity index (χ0v) is 7.40. The van der Waals surface area contributed by atoms with Gasteiger partial charge in [0.25, 0.3) is 0 Å². The van der Waals surface area contributed by atoms with Crippen LogP contribution in [0.15, 0.2) is 0 Å². The van der Waals surface area contributed by atoms with Gasteiger partial charge in [-0.25, -0.2) is 0 Å². The van der Waals surface area contributed by atoms with Gasteiger partial charge in [-0.1, -0.05) is 0 Å². The van der Waals surface area contributed by atoms with Crippen molar-refractivity contribution in [3.8, 4) is 0 Å². The van der Waals surface area contributed by atoms with Gasteiger partial charge in [0, 0.05) is 33.1 Å². The van der Waals surface area contributed by atoms with E-state index in [4.69, 9.17) is 5.11 Å². The minimum absolute atomic E-state index is 0.0547. The zero-order chi connectivity index (χ0) is 9.84. The molecule has 5 nitrogen and oxygen atoms in total. The van der Waals surface area contributed by atoms with E-state index >= 15 is 0 Å². The Balaban J connectivity index is 2.30. The minimum Gasteiger partial charge on any atom is -0.480 e. The van der Waals surface area contributed by atoms with Gasteiger partial charge in [0.15, 0.2) is 0 Å². The summed E-state index contributed by atoms with van der Waals surface area (Å²) in [6, 6.07) is 0. The molecule has 73 valence electrons. The molecule has 1 N–H and O–H groups in total. The van der Waals surface area contributed by atoms with E-state index in [9.17, 15) is 9.59 Å². The molecule has 0 atom stereocenters. The van der Waals surface area contributed by atoms with E-state index in [-0.39, 0.29) is 12.5 Å². The lowest BCUT2D eigenvalue weighted by atomic mass is 10.3. The van der Waals surface area contributed by atoms with Crippen LogP contribution in [0.1, 0.15) is 0 Å². The average molecular weight is 185 g/mol.